The SMILES string of the molecule is CCOC(=O)NC(=S)Nc1ccc(Oc2ccc(F)c(NC(=O)OC(C)(C)C)c2)cn1. The number of ether oxygens (including phenoxy) is 3. The lowest BCUT2D eigenvalue weighted by Gasteiger charge is -2.20. The Kier molecular flexibility index (Phi) is 8.08. The predicted octanol–water partition coefficient (Wildman–Crippen LogP) is 4.80. The Hall–Kier alpha value is -3.47. The maximum Gasteiger partial charge on any atom is 0.413 e. The standard InChI is InChI=1S/C20H23FN4O5S/c1-5-28-18(26)25-17(31)24-16-9-7-13(11-22-16)29-12-6-8-14(21)15(10-12)23-19(27)30-20(2,3)4/h6-11H,5H2,1-4H3,(H,23,27)(H2,22,24,25,26,31). The molecule has 0 atom stereocenters. The normalized spacial score (nSPS) is 10.6. The second-order valence-electron chi connectivity index (χ2n) is 7.05. The maximum atomic E-state index is 14.0. The van der Waals surface area contributed by atoms with E-state index in [9.17, 15) is 14.0 Å². The lowest BCUT2D eigenvalue weighted by atomic mass is 10.2. The average molecular weight is 450 g/mol. The van der Waals surface area contributed by atoms with E-state index in [1.165, 1.54) is 18.3 Å². The van der Waals surface area contributed by atoms with Crippen LogP contribution in [0.25, 0.3) is 0 Å². The van der Waals surface area contributed by atoms with Gasteiger partial charge in [-0.3, -0.25) is 10.6 Å². The van der Waals surface area contributed by atoms with Crippen LogP contribution in [0, 0.1) is 5.82 Å². The number of thiocarbonyl (C=S) groups is 1. The molecular weight excluding hydrogens is 427 g/mol. The van der Waals surface area contributed by atoms with Gasteiger partial charge < -0.3 is 19.5 Å². The molecule has 0 saturated heterocycles. The van der Waals surface area contributed by atoms with Crippen molar-refractivity contribution in [3.63, 3.8) is 0 Å². The predicted molar refractivity (Wildman–Crippen MR) is 117 cm³/mol. The van der Waals surface area contributed by atoms with Crippen LogP contribution in [0.15, 0.2) is 36.5 Å². The molecular formula is C20H23FN4O5S. The lowest BCUT2D eigenvalue weighted by Crippen LogP contribution is -2.34. The Morgan fingerprint density at radius 2 is 1.81 bits per heavy atom. The fourth-order valence-electron chi connectivity index (χ4n) is 2.14. The quantitative estimate of drug-likeness (QED) is 0.557. The molecule has 31 heavy (non-hydrogen) atoms. The molecule has 9 nitrogen and oxygen atoms in total. The van der Waals surface area contributed by atoms with Crippen molar-refractivity contribution in [1.29, 1.82) is 0 Å². The van der Waals surface area contributed by atoms with Crippen molar-refractivity contribution in [2.75, 3.05) is 17.2 Å². The van der Waals surface area contributed by atoms with Crippen LogP contribution in [0.3, 0.4) is 0 Å². The zero-order valence-electron chi connectivity index (χ0n) is 17.4. The average Bonchev–Trinajstić information content (AvgIpc) is 2.64. The Morgan fingerprint density at radius 3 is 2.42 bits per heavy atom. The molecule has 11 heteroatoms. The van der Waals surface area contributed by atoms with Gasteiger partial charge in [-0.15, -0.1) is 0 Å². The van der Waals surface area contributed by atoms with Crippen LogP contribution in [0.2, 0.25) is 0 Å². The van der Waals surface area contributed by atoms with Crippen molar-refractivity contribution in [2.24, 2.45) is 0 Å². The molecule has 0 spiro atoms. The van der Waals surface area contributed by atoms with Gasteiger partial charge in [-0.05, 0) is 64.2 Å². The molecule has 2 amide bonds. The van der Waals surface area contributed by atoms with Gasteiger partial charge in [-0.25, -0.2) is 19.0 Å². The van der Waals surface area contributed by atoms with Crippen LogP contribution in [0.5, 0.6) is 11.5 Å². The van der Waals surface area contributed by atoms with Crippen molar-refractivity contribution in [3.05, 3.63) is 42.3 Å². The second-order valence-corrected chi connectivity index (χ2v) is 7.46. The molecule has 1 aromatic carbocycles. The minimum Gasteiger partial charge on any atom is -0.456 e. The molecule has 3 N–H and O–H groups in total. The number of nitrogens with one attached hydrogen (secondary N) is 3. The molecule has 0 unspecified atom stereocenters. The Morgan fingerprint density at radius 1 is 1.10 bits per heavy atom. The number of carbonyl (C=O) groups is 2. The number of benzene rings is 1. The van der Waals surface area contributed by atoms with E-state index in [0.717, 1.165) is 6.07 Å². The van der Waals surface area contributed by atoms with Crippen molar-refractivity contribution >= 4 is 41.0 Å². The highest BCUT2D eigenvalue weighted by Gasteiger charge is 2.18. The first-order valence-corrected chi connectivity index (χ1v) is 9.65. The van der Waals surface area contributed by atoms with Crippen LogP contribution in [-0.2, 0) is 9.47 Å². The monoisotopic (exact) mass is 450 g/mol. The van der Waals surface area contributed by atoms with Crippen LogP contribution in [0.1, 0.15) is 27.7 Å². The van der Waals surface area contributed by atoms with Crippen LogP contribution in [-0.4, -0.2) is 34.5 Å². The van der Waals surface area contributed by atoms with Crippen molar-refractivity contribution in [2.45, 2.75) is 33.3 Å². The lowest BCUT2D eigenvalue weighted by molar-refractivity contribution is 0.0635. The Labute approximate surface area is 184 Å². The van der Waals surface area contributed by atoms with E-state index in [0.29, 0.717) is 11.6 Å². The first kappa shape index (κ1) is 23.8. The summed E-state index contributed by atoms with van der Waals surface area (Å²) in [5.74, 6) is 0.346. The summed E-state index contributed by atoms with van der Waals surface area (Å²) in [6.45, 7) is 7.00. The molecule has 0 bridgehead atoms. The number of aromatic nitrogens is 1. The summed E-state index contributed by atoms with van der Waals surface area (Å²) in [6.07, 6.45) is -0.0558. The summed E-state index contributed by atoms with van der Waals surface area (Å²) in [4.78, 5) is 27.3. The number of anilines is 2. The number of amides is 2. The van der Waals surface area contributed by atoms with Crippen LogP contribution < -0.4 is 20.7 Å². The van der Waals surface area contributed by atoms with Gasteiger partial charge in [0, 0.05) is 6.07 Å². The highest BCUT2D eigenvalue weighted by atomic mass is 32.1. The van der Waals surface area contributed by atoms with Crippen molar-refractivity contribution in [3.8, 4) is 11.5 Å². The molecule has 0 saturated carbocycles. The Bertz CT molecular complexity index is 948. The van der Waals surface area contributed by atoms with E-state index in [2.05, 4.69) is 20.9 Å². The summed E-state index contributed by atoms with van der Waals surface area (Å²) in [5.41, 5.74) is -0.807. The van der Waals surface area contributed by atoms with E-state index < -0.39 is 23.6 Å². The zero-order valence-corrected chi connectivity index (χ0v) is 18.3. The number of nitrogens with zero attached hydrogens (tertiary/aromatic N) is 1. The van der Waals surface area contributed by atoms with Gasteiger partial charge in [0.2, 0.25) is 0 Å². The third-order valence-electron chi connectivity index (χ3n) is 3.28. The van der Waals surface area contributed by atoms with E-state index in [-0.39, 0.29) is 23.2 Å². The molecule has 2 aromatic rings. The molecule has 166 valence electrons. The fraction of sp³-hybridized carbons (Fsp3) is 0.300. The maximum absolute atomic E-state index is 14.0. The van der Waals surface area contributed by atoms with Crippen molar-refractivity contribution in [1.82, 2.24) is 10.3 Å². The smallest absolute Gasteiger partial charge is 0.413 e. The molecule has 0 fully saturated rings. The first-order chi connectivity index (χ1) is 14.6. The molecule has 2 rings (SSSR count). The molecule has 1 aromatic heterocycles. The minimum absolute atomic E-state index is 0.0241. The van der Waals surface area contributed by atoms with Crippen LogP contribution in [0.4, 0.5) is 25.5 Å². The van der Waals surface area contributed by atoms with Crippen LogP contribution >= 0.6 is 12.2 Å². The number of pyridine rings is 1. The van der Waals surface area contributed by atoms with E-state index in [1.807, 2.05) is 0 Å². The third kappa shape index (κ3) is 8.42. The summed E-state index contributed by atoms with van der Waals surface area (Å²) in [5, 5.41) is 7.42. The van der Waals surface area contributed by atoms with E-state index >= 15 is 0 Å². The summed E-state index contributed by atoms with van der Waals surface area (Å²) in [6, 6.07) is 7.04. The molecule has 0 aliphatic rings. The van der Waals surface area contributed by atoms with E-state index in [4.69, 9.17) is 26.4 Å². The number of halogens is 1. The first-order valence-electron chi connectivity index (χ1n) is 9.24. The molecule has 1 heterocycles. The Balaban J connectivity index is 1.99. The fourth-order valence-corrected chi connectivity index (χ4v) is 2.32. The van der Waals surface area contributed by atoms with E-state index in [1.54, 1.807) is 39.8 Å². The number of alkyl carbamates (subject to hydrolysis) is 1. The third-order valence-corrected chi connectivity index (χ3v) is 3.48. The zero-order chi connectivity index (χ0) is 23.0. The number of hydrogen-bond donors (Lipinski definition) is 3. The highest BCUT2D eigenvalue weighted by Crippen LogP contribution is 2.27. The summed E-state index contributed by atoms with van der Waals surface area (Å²) < 4.78 is 29.5. The number of carbonyl (C=O) groups excluding carboxylic acids is 2. The summed E-state index contributed by atoms with van der Waals surface area (Å²) in [7, 11) is 0. The molecule has 0 radical (unpaired) electrons. The number of hydrogen-bond acceptors (Lipinski definition) is 7. The topological polar surface area (TPSA) is 111 Å². The minimum atomic E-state index is -0.784. The highest BCUT2D eigenvalue weighted by molar-refractivity contribution is 7.80. The summed E-state index contributed by atoms with van der Waals surface area (Å²) >= 11 is 4.98. The second kappa shape index (κ2) is 10.5. The van der Waals surface area contributed by atoms with Gasteiger partial charge in [-0.2, -0.15) is 0 Å². The number of rotatable bonds is 5. The van der Waals surface area contributed by atoms with Gasteiger partial charge >= 0.3 is 12.2 Å². The van der Waals surface area contributed by atoms with Gasteiger partial charge in [0.1, 0.15) is 28.7 Å². The van der Waals surface area contributed by atoms with Gasteiger partial charge in [0.05, 0.1) is 18.5 Å². The van der Waals surface area contributed by atoms with Gasteiger partial charge in [-0.1, -0.05) is 0 Å². The van der Waals surface area contributed by atoms with Gasteiger partial charge in [0.15, 0.2) is 5.11 Å². The van der Waals surface area contributed by atoms with Crippen molar-refractivity contribution < 1.29 is 28.2 Å². The van der Waals surface area contributed by atoms with Gasteiger partial charge in [0.25, 0.3) is 0 Å². The molecule has 0 aliphatic heterocycles. The largest absolute Gasteiger partial charge is 0.456 e. The molecule has 0 aliphatic carbocycles.